The largest absolute Gasteiger partial charge is 0.472 e. The summed E-state index contributed by atoms with van der Waals surface area (Å²) in [7, 11) is 1.41. The van der Waals surface area contributed by atoms with E-state index in [-0.39, 0.29) is 48.5 Å². The van der Waals surface area contributed by atoms with Crippen molar-refractivity contribution in [1.82, 2.24) is 0 Å². The minimum atomic E-state index is -1.48. The van der Waals surface area contributed by atoms with Gasteiger partial charge in [0.15, 0.2) is 11.7 Å². The van der Waals surface area contributed by atoms with E-state index in [0.717, 1.165) is 12.0 Å². The number of hydrogen-bond acceptors (Lipinski definition) is 10. The molecule has 7 fully saturated rings. The monoisotopic (exact) mass is 598 g/mol. The Bertz CT molecular complexity index is 1460. The summed E-state index contributed by atoms with van der Waals surface area (Å²) in [6.45, 7) is 13.9. The summed E-state index contributed by atoms with van der Waals surface area (Å²) in [6.07, 6.45) is 4.55. The minimum absolute atomic E-state index is 0.00464. The number of methoxy groups -OCH3 is 1. The Morgan fingerprint density at radius 1 is 1.09 bits per heavy atom. The topological polar surface area (TPSA) is 120 Å². The van der Waals surface area contributed by atoms with E-state index in [2.05, 4.69) is 34.6 Å². The van der Waals surface area contributed by atoms with E-state index < -0.39 is 56.7 Å². The van der Waals surface area contributed by atoms with E-state index >= 15 is 0 Å². The van der Waals surface area contributed by atoms with Gasteiger partial charge < -0.3 is 32.8 Å². The number of hydrogen-bond donors (Lipinski definition) is 0. The lowest BCUT2D eigenvalue weighted by Gasteiger charge is -2.78. The maximum Gasteiger partial charge on any atom is 0.306 e. The Labute approximate surface area is 251 Å². The lowest BCUT2D eigenvalue weighted by molar-refractivity contribution is -0.476. The van der Waals surface area contributed by atoms with Crippen molar-refractivity contribution in [2.75, 3.05) is 7.11 Å². The molecule has 3 spiro atoms. The molecule has 4 heterocycles. The summed E-state index contributed by atoms with van der Waals surface area (Å²) in [6, 6.07) is 1.97. The molecule has 4 aliphatic carbocycles. The third-order valence-corrected chi connectivity index (χ3v) is 14.4. The fraction of sp³-hybridized carbons (Fsp3) is 0.788. The van der Waals surface area contributed by atoms with Gasteiger partial charge in [-0.05, 0) is 53.6 Å². The second-order valence-corrected chi connectivity index (χ2v) is 15.4. The average Bonchev–Trinajstić information content (AvgIpc) is 3.63. The molecular weight excluding hydrogens is 556 g/mol. The molecule has 0 radical (unpaired) electrons. The minimum Gasteiger partial charge on any atom is -0.472 e. The van der Waals surface area contributed by atoms with Gasteiger partial charge in [-0.15, -0.1) is 0 Å². The van der Waals surface area contributed by atoms with Crippen molar-refractivity contribution in [2.45, 2.75) is 121 Å². The van der Waals surface area contributed by atoms with Gasteiger partial charge in [-0.25, -0.2) is 0 Å². The summed E-state index contributed by atoms with van der Waals surface area (Å²) in [4.78, 5) is 40.2. The van der Waals surface area contributed by atoms with Gasteiger partial charge in [-0.1, -0.05) is 34.6 Å². The fourth-order valence-electron chi connectivity index (χ4n) is 12.8. The molecule has 1 aromatic heterocycles. The third-order valence-electron chi connectivity index (χ3n) is 14.4. The highest BCUT2D eigenvalue weighted by Gasteiger charge is 3.04. The number of esters is 3. The molecule has 0 amide bonds. The highest BCUT2D eigenvalue weighted by atomic mass is 16.9. The van der Waals surface area contributed by atoms with E-state index in [1.54, 1.807) is 19.5 Å². The average molecular weight is 599 g/mol. The van der Waals surface area contributed by atoms with E-state index in [9.17, 15) is 14.4 Å². The molecule has 13 unspecified atom stereocenters. The van der Waals surface area contributed by atoms with Gasteiger partial charge in [0, 0.05) is 37.5 Å². The highest BCUT2D eigenvalue weighted by Crippen LogP contribution is 2.91. The van der Waals surface area contributed by atoms with Crippen molar-refractivity contribution in [3.63, 3.8) is 0 Å². The Hall–Kier alpha value is -2.43. The number of ether oxygens (including phenoxy) is 6. The lowest BCUT2D eigenvalue weighted by atomic mass is 9.32. The Morgan fingerprint density at radius 3 is 2.47 bits per heavy atom. The smallest absolute Gasteiger partial charge is 0.306 e. The van der Waals surface area contributed by atoms with Gasteiger partial charge in [0.25, 0.3) is 5.97 Å². The molecule has 3 aliphatic heterocycles. The standard InChI is InChI=1S/C33H42O10/c1-17(20-9-12-38-15-20)26(4)10-11-30-28(6)21(13-23(35)37-8)27(5)16-31(28)32(18(27)2,40-19(3)34)25-33(30,22(26)14-24(36)39-25)43-29(7,41-30)42-31/h9,12,15,17-18,21-22,25H,10-11,13-14,16H2,1-8H3. The normalized spacial score (nSPS) is 55.5. The fourth-order valence-corrected chi connectivity index (χ4v) is 12.8. The van der Waals surface area contributed by atoms with Gasteiger partial charge in [-0.2, -0.15) is 0 Å². The van der Waals surface area contributed by atoms with Crippen LogP contribution in [-0.2, 0) is 42.8 Å². The maximum atomic E-state index is 13.8. The summed E-state index contributed by atoms with van der Waals surface area (Å²) in [5.74, 6) is -3.59. The molecule has 4 bridgehead atoms. The van der Waals surface area contributed by atoms with Crippen molar-refractivity contribution in [3.8, 4) is 0 Å². The summed E-state index contributed by atoms with van der Waals surface area (Å²) < 4.78 is 45.4. The predicted octanol–water partition coefficient (Wildman–Crippen LogP) is 4.64. The molecule has 10 heteroatoms. The second kappa shape index (κ2) is 7.68. The summed E-state index contributed by atoms with van der Waals surface area (Å²) in [5.41, 5.74) is -5.56. The van der Waals surface area contributed by atoms with Crippen LogP contribution in [-0.4, -0.2) is 59.5 Å². The molecule has 4 saturated carbocycles. The van der Waals surface area contributed by atoms with Crippen LogP contribution >= 0.6 is 0 Å². The molecule has 13 atom stereocenters. The van der Waals surface area contributed by atoms with Gasteiger partial charge >= 0.3 is 17.9 Å². The molecule has 0 N–H and O–H groups in total. The number of carbonyl (C=O) groups excluding carboxylic acids is 3. The molecule has 1 aromatic rings. The molecule has 3 saturated heterocycles. The van der Waals surface area contributed by atoms with Gasteiger partial charge in [-0.3, -0.25) is 14.4 Å². The maximum absolute atomic E-state index is 13.8. The van der Waals surface area contributed by atoms with Crippen molar-refractivity contribution < 1.29 is 47.2 Å². The number of rotatable bonds is 5. The van der Waals surface area contributed by atoms with E-state index in [1.165, 1.54) is 14.0 Å². The SMILES string of the molecule is COC(=O)CC1C2(C)CC34OC5(C)OC67C(CC(=O)OC6C3(OC(C)=O)C2C)C(C)(C(C)c2ccoc2)CCC7(O5)C14C. The van der Waals surface area contributed by atoms with Crippen LogP contribution in [0.4, 0.5) is 0 Å². The highest BCUT2D eigenvalue weighted by molar-refractivity contribution is 5.75. The predicted molar refractivity (Wildman–Crippen MR) is 147 cm³/mol. The van der Waals surface area contributed by atoms with E-state index in [0.29, 0.717) is 12.8 Å². The molecule has 234 valence electrons. The second-order valence-electron chi connectivity index (χ2n) is 15.4. The van der Waals surface area contributed by atoms with E-state index in [1.807, 2.05) is 6.07 Å². The first kappa shape index (κ1) is 28.1. The van der Waals surface area contributed by atoms with E-state index in [4.69, 9.17) is 32.8 Å². The molecular formula is C33H42O10. The Balaban J connectivity index is 1.46. The summed E-state index contributed by atoms with van der Waals surface area (Å²) in [5, 5.41) is 0. The zero-order chi connectivity index (χ0) is 30.8. The molecule has 8 rings (SSSR count). The first-order valence-corrected chi connectivity index (χ1v) is 15.7. The van der Waals surface area contributed by atoms with Crippen LogP contribution in [0, 0.1) is 34.0 Å². The van der Waals surface area contributed by atoms with Crippen LogP contribution < -0.4 is 0 Å². The third kappa shape index (κ3) is 2.53. The Morgan fingerprint density at radius 2 is 1.81 bits per heavy atom. The molecule has 0 aromatic carbocycles. The van der Waals surface area contributed by atoms with Gasteiger partial charge in [0.05, 0.1) is 26.1 Å². The number of carbonyl (C=O) groups is 3. The first-order valence-electron chi connectivity index (χ1n) is 15.7. The quantitative estimate of drug-likeness (QED) is 0.350. The molecule has 43 heavy (non-hydrogen) atoms. The van der Waals surface area contributed by atoms with Crippen LogP contribution in [0.15, 0.2) is 23.0 Å². The molecule has 7 aliphatic rings. The van der Waals surface area contributed by atoms with Crippen molar-refractivity contribution >= 4 is 17.9 Å². The molecule has 10 nitrogen and oxygen atoms in total. The first-order chi connectivity index (χ1) is 20.1. The number of furan rings is 1. The Kier molecular flexibility index (Phi) is 5.01. The zero-order valence-corrected chi connectivity index (χ0v) is 26.2. The van der Waals surface area contributed by atoms with Crippen LogP contribution in [0.25, 0.3) is 0 Å². The summed E-state index contributed by atoms with van der Waals surface area (Å²) >= 11 is 0. The lowest BCUT2D eigenvalue weighted by Crippen LogP contribution is -2.93. The number of fused-ring (bicyclic) bond motifs is 3. The van der Waals surface area contributed by atoms with Crippen LogP contribution in [0.3, 0.4) is 0 Å². The van der Waals surface area contributed by atoms with Crippen molar-refractivity contribution in [3.05, 3.63) is 24.2 Å². The van der Waals surface area contributed by atoms with Gasteiger partial charge in [0.2, 0.25) is 0 Å². The van der Waals surface area contributed by atoms with Crippen molar-refractivity contribution in [2.24, 2.45) is 34.0 Å². The van der Waals surface area contributed by atoms with Crippen LogP contribution in [0.2, 0.25) is 0 Å². The van der Waals surface area contributed by atoms with Gasteiger partial charge in [0.1, 0.15) is 16.8 Å². The van der Waals surface area contributed by atoms with Crippen LogP contribution in [0.1, 0.15) is 92.1 Å². The van der Waals surface area contributed by atoms with Crippen LogP contribution in [0.5, 0.6) is 0 Å². The zero-order valence-electron chi connectivity index (χ0n) is 26.2. The van der Waals surface area contributed by atoms with Crippen molar-refractivity contribution in [1.29, 1.82) is 0 Å².